The zero-order valence-corrected chi connectivity index (χ0v) is 25.7. The number of carbonyl (C=O) groups excluding carboxylic acids is 1. The van der Waals surface area contributed by atoms with Crippen LogP contribution in [0.2, 0.25) is 10.0 Å². The van der Waals surface area contributed by atoms with Crippen LogP contribution >= 0.6 is 34.5 Å². The maximum absolute atomic E-state index is 13.9. The van der Waals surface area contributed by atoms with E-state index in [1.54, 1.807) is 38.1 Å². The summed E-state index contributed by atoms with van der Waals surface area (Å²) >= 11 is 13.7. The number of thiazole rings is 1. The van der Waals surface area contributed by atoms with Crippen LogP contribution in [0, 0.1) is 0 Å². The molecule has 0 saturated heterocycles. The van der Waals surface area contributed by atoms with Crippen LogP contribution in [0.1, 0.15) is 44.9 Å². The van der Waals surface area contributed by atoms with Crippen molar-refractivity contribution in [2.45, 2.75) is 39.8 Å². The lowest BCUT2D eigenvalue weighted by Gasteiger charge is -2.25. The fraction of sp³-hybridized carbons (Fsp3) is 0.310. The summed E-state index contributed by atoms with van der Waals surface area (Å²) < 4.78 is 23.7. The first-order chi connectivity index (χ1) is 19.9. The first-order valence-electron chi connectivity index (χ1n) is 12.8. The van der Waals surface area contributed by atoms with E-state index in [1.165, 1.54) is 23.8 Å². The summed E-state index contributed by atoms with van der Waals surface area (Å²) in [5.74, 6) is -0.788. The number of methoxy groups -OCH3 is 1. The van der Waals surface area contributed by atoms with E-state index in [4.69, 9.17) is 47.3 Å². The average molecular weight is 636 g/mol. The minimum Gasteiger partial charge on any atom is -0.493 e. The number of halogens is 2. The first kappa shape index (κ1) is 31.1. The fourth-order valence-electron chi connectivity index (χ4n) is 4.40. The highest BCUT2D eigenvalue weighted by molar-refractivity contribution is 7.07. The average Bonchev–Trinajstić information content (AvgIpc) is 3.21. The molecule has 1 aliphatic rings. The summed E-state index contributed by atoms with van der Waals surface area (Å²) in [7, 11) is 1.51. The molecule has 10 nitrogen and oxygen atoms in total. The highest BCUT2D eigenvalue weighted by Gasteiger charge is 2.34. The number of rotatable bonds is 10. The standard InChI is InChI=1S/C29H28Cl2N2O8S/c1-6-39-28(37)24-15(4)32-29-33(25(24)17-7-8-20(41-14(2)3)21(12-17)38-5)27(36)22(42-29)11-16-9-18(30)26(19(31)10-16)40-13-23(34)35/h7-12,14,25H,6,13H2,1-5H3,(H,34,35)/b22-11-/t25-/m1/s1. The Kier molecular flexibility index (Phi) is 9.65. The lowest BCUT2D eigenvalue weighted by atomic mass is 9.95. The number of esters is 1. The zero-order chi connectivity index (χ0) is 30.7. The molecule has 1 aromatic heterocycles. The van der Waals surface area contributed by atoms with Crippen molar-refractivity contribution in [2.24, 2.45) is 4.99 Å². The van der Waals surface area contributed by atoms with Gasteiger partial charge in [-0.05, 0) is 69.2 Å². The predicted molar refractivity (Wildman–Crippen MR) is 159 cm³/mol. The summed E-state index contributed by atoms with van der Waals surface area (Å²) in [4.78, 5) is 42.9. The Hall–Kier alpha value is -3.80. The molecule has 0 spiro atoms. The SMILES string of the molecule is CCOC(=O)C1=C(C)N=c2s/c(=C\c3cc(Cl)c(OCC(=O)O)c(Cl)c3)c(=O)n2[C@@H]1c1ccc(OC(C)C)c(OC)c1. The van der Waals surface area contributed by atoms with E-state index < -0.39 is 30.1 Å². The number of carbonyl (C=O) groups is 2. The Bertz CT molecular complexity index is 1740. The molecule has 1 aliphatic heterocycles. The van der Waals surface area contributed by atoms with Crippen molar-refractivity contribution in [1.29, 1.82) is 0 Å². The van der Waals surface area contributed by atoms with Crippen molar-refractivity contribution in [2.75, 3.05) is 20.3 Å². The normalized spacial score (nSPS) is 14.9. The summed E-state index contributed by atoms with van der Waals surface area (Å²) in [6, 6.07) is 7.40. The largest absolute Gasteiger partial charge is 0.493 e. The highest BCUT2D eigenvalue weighted by Crippen LogP contribution is 2.37. The second-order valence-corrected chi connectivity index (χ2v) is 11.2. The number of benzene rings is 2. The molecule has 222 valence electrons. The first-order valence-corrected chi connectivity index (χ1v) is 14.4. The number of allylic oxidation sites excluding steroid dienone is 1. The van der Waals surface area contributed by atoms with Crippen LogP contribution in [-0.2, 0) is 14.3 Å². The summed E-state index contributed by atoms with van der Waals surface area (Å²) in [6.07, 6.45) is 1.49. The highest BCUT2D eigenvalue weighted by atomic mass is 35.5. The van der Waals surface area contributed by atoms with E-state index in [9.17, 15) is 14.4 Å². The van der Waals surface area contributed by atoms with Crippen LogP contribution in [0.25, 0.3) is 6.08 Å². The van der Waals surface area contributed by atoms with Crippen molar-refractivity contribution in [3.05, 3.63) is 82.5 Å². The molecule has 0 aliphatic carbocycles. The third-order valence-electron chi connectivity index (χ3n) is 6.04. The number of aliphatic carboxylic acids is 1. The molecule has 4 rings (SSSR count). The van der Waals surface area contributed by atoms with Crippen LogP contribution in [0.3, 0.4) is 0 Å². The van der Waals surface area contributed by atoms with Crippen LogP contribution < -0.4 is 29.1 Å². The van der Waals surface area contributed by atoms with Gasteiger partial charge in [-0.3, -0.25) is 9.36 Å². The molecular weight excluding hydrogens is 607 g/mol. The van der Waals surface area contributed by atoms with E-state index in [0.29, 0.717) is 37.7 Å². The quantitative estimate of drug-likeness (QED) is 0.326. The Morgan fingerprint density at radius 1 is 1.17 bits per heavy atom. The molecule has 3 aromatic rings. The van der Waals surface area contributed by atoms with Gasteiger partial charge in [-0.15, -0.1) is 0 Å². The molecule has 0 bridgehead atoms. The van der Waals surface area contributed by atoms with Crippen LogP contribution in [0.15, 0.2) is 51.4 Å². The van der Waals surface area contributed by atoms with Gasteiger partial charge in [0.15, 0.2) is 28.7 Å². The molecule has 13 heteroatoms. The third kappa shape index (κ3) is 6.48. The van der Waals surface area contributed by atoms with Crippen molar-refractivity contribution in [1.82, 2.24) is 4.57 Å². The molecule has 2 heterocycles. The molecule has 0 amide bonds. The van der Waals surface area contributed by atoms with E-state index in [-0.39, 0.29) is 34.1 Å². The number of hydrogen-bond donors (Lipinski definition) is 1. The van der Waals surface area contributed by atoms with E-state index in [0.717, 1.165) is 11.3 Å². The number of nitrogens with zero attached hydrogens (tertiary/aromatic N) is 2. The van der Waals surface area contributed by atoms with Crippen molar-refractivity contribution < 1.29 is 33.6 Å². The van der Waals surface area contributed by atoms with E-state index in [2.05, 4.69) is 4.99 Å². The molecule has 1 N–H and O–H groups in total. The van der Waals surface area contributed by atoms with Gasteiger partial charge in [0.05, 0.1) is 51.7 Å². The summed E-state index contributed by atoms with van der Waals surface area (Å²) in [5.41, 5.74) is 1.31. The van der Waals surface area contributed by atoms with Crippen LogP contribution in [-0.4, -0.2) is 48.0 Å². The summed E-state index contributed by atoms with van der Waals surface area (Å²) in [6.45, 7) is 6.71. The lowest BCUT2D eigenvalue weighted by molar-refractivity contribution is -0.140. The monoisotopic (exact) mass is 634 g/mol. The van der Waals surface area contributed by atoms with Crippen molar-refractivity contribution in [3.63, 3.8) is 0 Å². The predicted octanol–water partition coefficient (Wildman–Crippen LogP) is 4.36. The van der Waals surface area contributed by atoms with Crippen molar-refractivity contribution in [3.8, 4) is 17.2 Å². The van der Waals surface area contributed by atoms with Gasteiger partial charge in [-0.1, -0.05) is 40.6 Å². The Morgan fingerprint density at radius 2 is 1.86 bits per heavy atom. The molecule has 0 saturated carbocycles. The van der Waals surface area contributed by atoms with Gasteiger partial charge < -0.3 is 24.1 Å². The molecular formula is C29H28Cl2N2O8S. The zero-order valence-electron chi connectivity index (χ0n) is 23.4. The number of aromatic nitrogens is 1. The lowest BCUT2D eigenvalue weighted by Crippen LogP contribution is -2.40. The van der Waals surface area contributed by atoms with Gasteiger partial charge in [0.25, 0.3) is 5.56 Å². The minimum atomic E-state index is -1.18. The van der Waals surface area contributed by atoms with Crippen molar-refractivity contribution >= 4 is 52.6 Å². The topological polar surface area (TPSA) is 126 Å². The van der Waals surface area contributed by atoms with E-state index in [1.807, 2.05) is 13.8 Å². The number of fused-ring (bicyclic) bond motifs is 1. The smallest absolute Gasteiger partial charge is 0.341 e. The number of carboxylic acid groups (broad SMARTS) is 1. The van der Waals surface area contributed by atoms with E-state index >= 15 is 0 Å². The van der Waals surface area contributed by atoms with Gasteiger partial charge in [-0.2, -0.15) is 0 Å². The Morgan fingerprint density at radius 3 is 2.45 bits per heavy atom. The van der Waals surface area contributed by atoms with Gasteiger partial charge in [-0.25, -0.2) is 14.6 Å². The van der Waals surface area contributed by atoms with Gasteiger partial charge in [0.1, 0.15) is 0 Å². The van der Waals surface area contributed by atoms with Gasteiger partial charge >= 0.3 is 11.9 Å². The molecule has 0 radical (unpaired) electrons. The number of ether oxygens (including phenoxy) is 4. The minimum absolute atomic E-state index is 0.0212. The second kappa shape index (κ2) is 13.0. The molecule has 42 heavy (non-hydrogen) atoms. The number of hydrogen-bond acceptors (Lipinski definition) is 9. The van der Waals surface area contributed by atoms with Gasteiger partial charge in [0.2, 0.25) is 0 Å². The third-order valence-corrected chi connectivity index (χ3v) is 7.59. The number of carboxylic acids is 1. The Balaban J connectivity index is 1.89. The summed E-state index contributed by atoms with van der Waals surface area (Å²) in [5, 5.41) is 9.05. The van der Waals surface area contributed by atoms with Gasteiger partial charge in [0, 0.05) is 0 Å². The maximum Gasteiger partial charge on any atom is 0.341 e. The fourth-order valence-corrected chi connectivity index (χ4v) is 6.06. The molecule has 2 aromatic carbocycles. The molecule has 1 atom stereocenters. The maximum atomic E-state index is 13.9. The van der Waals surface area contributed by atoms with Crippen LogP contribution in [0.4, 0.5) is 0 Å². The second-order valence-electron chi connectivity index (χ2n) is 9.38. The Labute approximate surface area is 255 Å². The molecule has 0 unspecified atom stereocenters. The van der Waals surface area contributed by atoms with Crippen LogP contribution in [0.5, 0.6) is 17.2 Å². The molecule has 0 fully saturated rings.